The first kappa shape index (κ1) is 14.0. The third kappa shape index (κ3) is 2.96. The highest BCUT2D eigenvalue weighted by Crippen LogP contribution is 2.26. The summed E-state index contributed by atoms with van der Waals surface area (Å²) >= 11 is 1.57. The molecule has 0 aliphatic carbocycles. The second-order valence-corrected chi connectivity index (χ2v) is 5.93. The van der Waals surface area contributed by atoms with Crippen LogP contribution in [0.1, 0.15) is 0 Å². The number of aromatic nitrogens is 2. The second kappa shape index (κ2) is 6.22. The van der Waals surface area contributed by atoms with Crippen LogP contribution in [0.15, 0.2) is 71.1 Å². The van der Waals surface area contributed by atoms with E-state index in [2.05, 4.69) is 15.3 Å². The topological polar surface area (TPSA) is 50.2 Å². The molecule has 0 atom stereocenters. The molecule has 112 valence electrons. The molecule has 2 heterocycles. The first-order valence-electron chi connectivity index (χ1n) is 7.35. The Morgan fingerprint density at radius 3 is 2.57 bits per heavy atom. The van der Waals surface area contributed by atoms with Gasteiger partial charge < -0.3 is 5.32 Å². The monoisotopic (exact) mass is 318 g/mol. The minimum absolute atomic E-state index is 0.698. The summed E-state index contributed by atoms with van der Waals surface area (Å²) in [6.45, 7) is 0.698. The lowest BCUT2D eigenvalue weighted by atomic mass is 10.2. The number of benzene rings is 2. The van der Waals surface area contributed by atoms with E-state index in [0.717, 1.165) is 27.5 Å². The summed E-state index contributed by atoms with van der Waals surface area (Å²) in [6.07, 6.45) is 2.03. The fourth-order valence-corrected chi connectivity index (χ4v) is 3.00. The largest absolute Gasteiger partial charge is 0.319 e. The van der Waals surface area contributed by atoms with Crippen LogP contribution < -0.4 is 5.32 Å². The van der Waals surface area contributed by atoms with E-state index in [-0.39, 0.29) is 0 Å². The number of nitrogens with one attached hydrogen (secondary N) is 1. The van der Waals surface area contributed by atoms with E-state index >= 15 is 0 Å². The zero-order valence-electron chi connectivity index (χ0n) is 12.3. The van der Waals surface area contributed by atoms with Gasteiger partial charge in [-0.15, -0.1) is 0 Å². The molecule has 0 bridgehead atoms. The average molecular weight is 318 g/mol. The van der Waals surface area contributed by atoms with Gasteiger partial charge >= 0.3 is 0 Å². The van der Waals surface area contributed by atoms with Crippen LogP contribution >= 0.6 is 11.8 Å². The standard InChI is InChI=1S/C18H14N4S/c1-2-7-13(8-3-1)16-20-15-10-5-4-9-14(15)17(21-16)22-18-19-11-6-12-23-18/h1-10,12H,11H2,(H,19,20,21,22). The third-order valence-electron chi connectivity index (χ3n) is 3.48. The number of hydrogen-bond acceptors (Lipinski definition) is 5. The maximum absolute atomic E-state index is 4.72. The van der Waals surface area contributed by atoms with E-state index in [9.17, 15) is 0 Å². The Kier molecular flexibility index (Phi) is 3.78. The Hall–Kier alpha value is -2.66. The maximum atomic E-state index is 4.72. The van der Waals surface area contributed by atoms with Crippen LogP contribution in [0, 0.1) is 0 Å². The van der Waals surface area contributed by atoms with Gasteiger partial charge in [-0.1, -0.05) is 60.3 Å². The van der Waals surface area contributed by atoms with Crippen molar-refractivity contribution in [2.45, 2.75) is 0 Å². The van der Waals surface area contributed by atoms with Crippen LogP contribution in [0.4, 0.5) is 5.82 Å². The summed E-state index contributed by atoms with van der Waals surface area (Å²) in [5.41, 5.74) is 1.92. The van der Waals surface area contributed by atoms with Gasteiger partial charge in [-0.05, 0) is 17.5 Å². The van der Waals surface area contributed by atoms with Crippen LogP contribution in [0.3, 0.4) is 0 Å². The van der Waals surface area contributed by atoms with Crippen molar-refractivity contribution in [2.24, 2.45) is 4.99 Å². The summed E-state index contributed by atoms with van der Waals surface area (Å²) in [5, 5.41) is 7.23. The van der Waals surface area contributed by atoms with Crippen LogP contribution in [0.2, 0.25) is 0 Å². The Balaban J connectivity index is 1.82. The normalized spacial score (nSPS) is 13.8. The predicted octanol–water partition coefficient (Wildman–Crippen LogP) is 4.33. The molecule has 1 aromatic heterocycles. The molecule has 1 N–H and O–H groups in total. The van der Waals surface area contributed by atoms with Gasteiger partial charge in [0, 0.05) is 10.9 Å². The lowest BCUT2D eigenvalue weighted by Crippen LogP contribution is -2.11. The van der Waals surface area contributed by atoms with Gasteiger partial charge in [0.15, 0.2) is 11.0 Å². The van der Waals surface area contributed by atoms with Gasteiger partial charge in [-0.25, -0.2) is 9.97 Å². The molecule has 5 heteroatoms. The van der Waals surface area contributed by atoms with Crippen molar-refractivity contribution in [1.29, 1.82) is 0 Å². The smallest absolute Gasteiger partial charge is 0.166 e. The fraction of sp³-hybridized carbons (Fsp3) is 0.0556. The van der Waals surface area contributed by atoms with E-state index in [0.29, 0.717) is 12.4 Å². The average Bonchev–Trinajstić information content (AvgIpc) is 2.63. The van der Waals surface area contributed by atoms with Gasteiger partial charge in [-0.2, -0.15) is 0 Å². The van der Waals surface area contributed by atoms with Crippen molar-refractivity contribution >= 4 is 33.7 Å². The lowest BCUT2D eigenvalue weighted by molar-refractivity contribution is 1.22. The van der Waals surface area contributed by atoms with Crippen LogP contribution in [0.5, 0.6) is 0 Å². The molecule has 0 amide bonds. The number of hydrogen-bond donors (Lipinski definition) is 1. The molecule has 1 aliphatic rings. The predicted molar refractivity (Wildman–Crippen MR) is 97.6 cm³/mol. The van der Waals surface area contributed by atoms with Gasteiger partial charge in [0.2, 0.25) is 0 Å². The van der Waals surface area contributed by atoms with Gasteiger partial charge in [-0.3, -0.25) is 4.99 Å². The minimum Gasteiger partial charge on any atom is -0.319 e. The van der Waals surface area contributed by atoms with Gasteiger partial charge in [0.25, 0.3) is 0 Å². The Bertz CT molecular complexity index is 903. The fourth-order valence-electron chi connectivity index (χ4n) is 2.39. The molecular weight excluding hydrogens is 304 g/mol. The molecule has 23 heavy (non-hydrogen) atoms. The van der Waals surface area contributed by atoms with Gasteiger partial charge in [0.05, 0.1) is 12.1 Å². The molecule has 3 aromatic rings. The highest BCUT2D eigenvalue weighted by atomic mass is 32.2. The highest BCUT2D eigenvalue weighted by molar-refractivity contribution is 8.16. The quantitative estimate of drug-likeness (QED) is 0.764. The van der Waals surface area contributed by atoms with Crippen molar-refractivity contribution in [3.8, 4) is 11.4 Å². The van der Waals surface area contributed by atoms with E-state index in [1.165, 1.54) is 0 Å². The molecule has 0 saturated heterocycles. The molecule has 4 nitrogen and oxygen atoms in total. The molecule has 0 radical (unpaired) electrons. The first-order chi connectivity index (χ1) is 11.4. The summed E-state index contributed by atoms with van der Waals surface area (Å²) in [7, 11) is 0. The minimum atomic E-state index is 0.698. The molecule has 2 aromatic carbocycles. The van der Waals surface area contributed by atoms with Crippen LogP contribution in [-0.4, -0.2) is 21.7 Å². The lowest BCUT2D eigenvalue weighted by Gasteiger charge is -2.12. The van der Waals surface area contributed by atoms with Crippen molar-refractivity contribution < 1.29 is 0 Å². The number of fused-ring (bicyclic) bond motifs is 1. The SMILES string of the molecule is C1=CSC(Nc2nc(-c3ccccc3)nc3ccccc23)=NC1. The number of thioether (sulfide) groups is 1. The van der Waals surface area contributed by atoms with Crippen molar-refractivity contribution in [1.82, 2.24) is 9.97 Å². The van der Waals surface area contributed by atoms with E-state index in [4.69, 9.17) is 4.98 Å². The van der Waals surface area contributed by atoms with Crippen molar-refractivity contribution in [2.75, 3.05) is 11.9 Å². The Morgan fingerprint density at radius 1 is 0.913 bits per heavy atom. The second-order valence-electron chi connectivity index (χ2n) is 5.04. The summed E-state index contributed by atoms with van der Waals surface area (Å²) in [6, 6.07) is 18.0. The summed E-state index contributed by atoms with van der Waals surface area (Å²) in [4.78, 5) is 13.9. The third-order valence-corrected chi connectivity index (χ3v) is 4.26. The zero-order chi connectivity index (χ0) is 15.5. The van der Waals surface area contributed by atoms with Gasteiger partial charge in [0.1, 0.15) is 5.82 Å². The van der Waals surface area contributed by atoms with Crippen LogP contribution in [0.25, 0.3) is 22.3 Å². The number of rotatable bonds is 2. The summed E-state index contributed by atoms with van der Waals surface area (Å²) < 4.78 is 0. The molecule has 0 unspecified atom stereocenters. The van der Waals surface area contributed by atoms with E-state index in [1.54, 1.807) is 11.8 Å². The summed E-state index contributed by atoms with van der Waals surface area (Å²) in [5.74, 6) is 1.50. The number of aliphatic imine (C=N–C) groups is 1. The molecule has 0 fully saturated rings. The Morgan fingerprint density at radius 2 is 1.74 bits per heavy atom. The Labute approximate surface area is 138 Å². The number of para-hydroxylation sites is 1. The van der Waals surface area contributed by atoms with Crippen molar-refractivity contribution in [3.63, 3.8) is 0 Å². The van der Waals surface area contributed by atoms with E-state index in [1.807, 2.05) is 66.1 Å². The molecule has 4 rings (SSSR count). The molecule has 0 spiro atoms. The molecular formula is C18H14N4S. The number of anilines is 1. The maximum Gasteiger partial charge on any atom is 0.166 e. The highest BCUT2D eigenvalue weighted by Gasteiger charge is 2.11. The van der Waals surface area contributed by atoms with Crippen LogP contribution in [-0.2, 0) is 0 Å². The number of amidine groups is 1. The van der Waals surface area contributed by atoms with Crippen molar-refractivity contribution in [3.05, 3.63) is 66.1 Å². The molecule has 1 aliphatic heterocycles. The van der Waals surface area contributed by atoms with E-state index < -0.39 is 0 Å². The zero-order valence-corrected chi connectivity index (χ0v) is 13.1. The first-order valence-corrected chi connectivity index (χ1v) is 8.23. The number of nitrogens with zero attached hydrogens (tertiary/aromatic N) is 3. The molecule has 0 saturated carbocycles.